The molecule has 0 saturated carbocycles. The SMILES string of the molecule is COc1c(C)c2c(c(C)c1CCCC(=O)O)CCCC2. The summed E-state index contributed by atoms with van der Waals surface area (Å²) >= 11 is 0. The third-order valence-electron chi connectivity index (χ3n) is 4.46. The maximum Gasteiger partial charge on any atom is 0.303 e. The fraction of sp³-hybridized carbons (Fsp3) is 0.588. The number of hydrogen-bond acceptors (Lipinski definition) is 2. The predicted molar refractivity (Wildman–Crippen MR) is 79.7 cm³/mol. The molecule has 1 aromatic rings. The first kappa shape index (κ1) is 14.9. The molecule has 0 radical (unpaired) electrons. The van der Waals surface area contributed by atoms with Gasteiger partial charge in [0.15, 0.2) is 0 Å². The standard InChI is InChI=1S/C17H24O3/c1-11-13-7-4-5-8-14(13)12(2)17(20-3)15(11)9-6-10-16(18)19/h4-10H2,1-3H3,(H,18,19). The molecule has 3 heteroatoms. The number of methoxy groups -OCH3 is 1. The lowest BCUT2D eigenvalue weighted by Gasteiger charge is -2.26. The third-order valence-corrected chi connectivity index (χ3v) is 4.46. The molecule has 0 unspecified atom stereocenters. The van der Waals surface area contributed by atoms with E-state index in [1.54, 1.807) is 7.11 Å². The van der Waals surface area contributed by atoms with Crippen molar-refractivity contribution in [3.05, 3.63) is 27.8 Å². The molecule has 1 aliphatic rings. The first-order valence-corrected chi connectivity index (χ1v) is 7.45. The lowest BCUT2D eigenvalue weighted by Crippen LogP contribution is -2.12. The van der Waals surface area contributed by atoms with E-state index in [0.717, 1.165) is 25.0 Å². The van der Waals surface area contributed by atoms with E-state index in [9.17, 15) is 4.79 Å². The Morgan fingerprint density at radius 2 is 1.75 bits per heavy atom. The molecule has 1 aliphatic carbocycles. The molecule has 20 heavy (non-hydrogen) atoms. The summed E-state index contributed by atoms with van der Waals surface area (Å²) in [4.78, 5) is 10.7. The molecule has 1 aromatic carbocycles. The van der Waals surface area contributed by atoms with Crippen LogP contribution in [0.3, 0.4) is 0 Å². The Morgan fingerprint density at radius 3 is 2.30 bits per heavy atom. The maximum atomic E-state index is 10.7. The summed E-state index contributed by atoms with van der Waals surface area (Å²) in [7, 11) is 1.72. The number of carboxylic acid groups (broad SMARTS) is 1. The fourth-order valence-electron chi connectivity index (χ4n) is 3.44. The molecule has 0 fully saturated rings. The molecule has 0 aliphatic heterocycles. The van der Waals surface area contributed by atoms with Gasteiger partial charge in [0, 0.05) is 6.42 Å². The van der Waals surface area contributed by atoms with Crippen molar-refractivity contribution < 1.29 is 14.6 Å². The zero-order valence-electron chi connectivity index (χ0n) is 12.7. The maximum absolute atomic E-state index is 10.7. The summed E-state index contributed by atoms with van der Waals surface area (Å²) in [6.07, 6.45) is 6.49. The van der Waals surface area contributed by atoms with E-state index in [-0.39, 0.29) is 6.42 Å². The smallest absolute Gasteiger partial charge is 0.303 e. The van der Waals surface area contributed by atoms with Crippen LogP contribution in [0, 0.1) is 13.8 Å². The summed E-state index contributed by atoms with van der Waals surface area (Å²) in [5.41, 5.74) is 6.75. The van der Waals surface area contributed by atoms with Gasteiger partial charge in [-0.2, -0.15) is 0 Å². The highest BCUT2D eigenvalue weighted by molar-refractivity contribution is 5.66. The second kappa shape index (κ2) is 6.29. The average molecular weight is 276 g/mol. The number of aliphatic carboxylic acids is 1. The van der Waals surface area contributed by atoms with Gasteiger partial charge in [0.1, 0.15) is 5.75 Å². The Kier molecular flexibility index (Phi) is 4.69. The molecule has 0 bridgehead atoms. The molecule has 0 spiro atoms. The van der Waals surface area contributed by atoms with Crippen molar-refractivity contribution in [2.45, 2.75) is 58.8 Å². The van der Waals surface area contributed by atoms with Gasteiger partial charge in [-0.3, -0.25) is 4.79 Å². The highest BCUT2D eigenvalue weighted by Crippen LogP contribution is 2.37. The van der Waals surface area contributed by atoms with Crippen molar-refractivity contribution >= 4 is 5.97 Å². The normalized spacial score (nSPS) is 13.9. The molecule has 0 aromatic heterocycles. The van der Waals surface area contributed by atoms with Crippen LogP contribution in [0.4, 0.5) is 0 Å². The number of carbonyl (C=O) groups is 1. The molecular weight excluding hydrogens is 252 g/mol. The summed E-state index contributed by atoms with van der Waals surface area (Å²) < 4.78 is 5.63. The summed E-state index contributed by atoms with van der Waals surface area (Å²) in [5, 5.41) is 8.80. The summed E-state index contributed by atoms with van der Waals surface area (Å²) in [6, 6.07) is 0. The fourth-order valence-corrected chi connectivity index (χ4v) is 3.44. The zero-order chi connectivity index (χ0) is 14.7. The van der Waals surface area contributed by atoms with Crippen LogP contribution in [0.25, 0.3) is 0 Å². The molecule has 0 saturated heterocycles. The Morgan fingerprint density at radius 1 is 1.15 bits per heavy atom. The van der Waals surface area contributed by atoms with Crippen LogP contribution < -0.4 is 4.74 Å². The topological polar surface area (TPSA) is 46.5 Å². The number of fused-ring (bicyclic) bond motifs is 1. The minimum Gasteiger partial charge on any atom is -0.496 e. The second-order valence-electron chi connectivity index (χ2n) is 5.67. The van der Waals surface area contributed by atoms with Gasteiger partial charge in [-0.1, -0.05) is 0 Å². The number of benzene rings is 1. The number of hydrogen-bond donors (Lipinski definition) is 1. The molecule has 0 amide bonds. The van der Waals surface area contributed by atoms with E-state index >= 15 is 0 Å². The van der Waals surface area contributed by atoms with Gasteiger partial charge in [-0.25, -0.2) is 0 Å². The Labute approximate surface area is 121 Å². The van der Waals surface area contributed by atoms with Gasteiger partial charge in [0.05, 0.1) is 7.11 Å². The van der Waals surface area contributed by atoms with Crippen molar-refractivity contribution in [3.8, 4) is 5.75 Å². The van der Waals surface area contributed by atoms with Crippen molar-refractivity contribution in [1.82, 2.24) is 0 Å². The van der Waals surface area contributed by atoms with Gasteiger partial charge in [-0.05, 0) is 80.2 Å². The lowest BCUT2D eigenvalue weighted by atomic mass is 9.82. The van der Waals surface area contributed by atoms with Crippen LogP contribution in [0.15, 0.2) is 0 Å². The Bertz CT molecular complexity index is 518. The molecular formula is C17H24O3. The summed E-state index contributed by atoms with van der Waals surface area (Å²) in [5.74, 6) is 0.254. The first-order valence-electron chi connectivity index (χ1n) is 7.45. The minimum absolute atomic E-state index is 0.221. The van der Waals surface area contributed by atoms with Gasteiger partial charge in [0.2, 0.25) is 0 Å². The quantitative estimate of drug-likeness (QED) is 0.893. The van der Waals surface area contributed by atoms with Crippen molar-refractivity contribution in [1.29, 1.82) is 0 Å². The zero-order valence-corrected chi connectivity index (χ0v) is 12.7. The van der Waals surface area contributed by atoms with Gasteiger partial charge in [-0.15, -0.1) is 0 Å². The van der Waals surface area contributed by atoms with Gasteiger partial charge in [0.25, 0.3) is 0 Å². The monoisotopic (exact) mass is 276 g/mol. The predicted octanol–water partition coefficient (Wildman–Crippen LogP) is 3.60. The van der Waals surface area contributed by atoms with Gasteiger partial charge < -0.3 is 9.84 Å². The van der Waals surface area contributed by atoms with E-state index in [0.29, 0.717) is 6.42 Å². The van der Waals surface area contributed by atoms with E-state index in [2.05, 4.69) is 13.8 Å². The van der Waals surface area contributed by atoms with Crippen molar-refractivity contribution in [2.24, 2.45) is 0 Å². The largest absolute Gasteiger partial charge is 0.496 e. The van der Waals surface area contributed by atoms with Crippen LogP contribution in [0.1, 0.15) is 53.5 Å². The highest BCUT2D eigenvalue weighted by atomic mass is 16.5. The molecule has 2 rings (SSSR count). The Balaban J connectivity index is 2.38. The molecule has 0 heterocycles. The van der Waals surface area contributed by atoms with E-state index < -0.39 is 5.97 Å². The Hall–Kier alpha value is -1.51. The minimum atomic E-state index is -0.726. The first-order chi connectivity index (χ1) is 9.56. The summed E-state index contributed by atoms with van der Waals surface area (Å²) in [6.45, 7) is 4.31. The number of ether oxygens (including phenoxy) is 1. The second-order valence-corrected chi connectivity index (χ2v) is 5.67. The van der Waals surface area contributed by atoms with E-state index in [1.165, 1.54) is 40.7 Å². The molecule has 110 valence electrons. The number of carboxylic acids is 1. The van der Waals surface area contributed by atoms with Crippen LogP contribution in [-0.2, 0) is 24.1 Å². The van der Waals surface area contributed by atoms with Crippen molar-refractivity contribution in [3.63, 3.8) is 0 Å². The van der Waals surface area contributed by atoms with Crippen LogP contribution in [0.5, 0.6) is 5.75 Å². The van der Waals surface area contributed by atoms with Crippen molar-refractivity contribution in [2.75, 3.05) is 7.11 Å². The van der Waals surface area contributed by atoms with E-state index in [4.69, 9.17) is 9.84 Å². The molecule has 3 nitrogen and oxygen atoms in total. The average Bonchev–Trinajstić information content (AvgIpc) is 2.44. The highest BCUT2D eigenvalue weighted by Gasteiger charge is 2.21. The molecule has 0 atom stereocenters. The van der Waals surface area contributed by atoms with Crippen LogP contribution in [-0.4, -0.2) is 18.2 Å². The van der Waals surface area contributed by atoms with Crippen LogP contribution >= 0.6 is 0 Å². The van der Waals surface area contributed by atoms with Gasteiger partial charge >= 0.3 is 5.97 Å². The molecule has 1 N–H and O–H groups in total. The van der Waals surface area contributed by atoms with Crippen LogP contribution in [0.2, 0.25) is 0 Å². The van der Waals surface area contributed by atoms with E-state index in [1.807, 2.05) is 0 Å². The third kappa shape index (κ3) is 2.82. The number of rotatable bonds is 5. The lowest BCUT2D eigenvalue weighted by molar-refractivity contribution is -0.137.